The normalized spacial score (nSPS) is 12.7. The van der Waals surface area contributed by atoms with Crippen molar-refractivity contribution in [1.29, 1.82) is 0 Å². The molecule has 2 aromatic carbocycles. The van der Waals surface area contributed by atoms with Crippen LogP contribution in [0, 0.1) is 5.92 Å². The van der Waals surface area contributed by atoms with Gasteiger partial charge in [-0.05, 0) is 42.5 Å². The van der Waals surface area contributed by atoms with Crippen molar-refractivity contribution in [3.8, 4) is 0 Å². The van der Waals surface area contributed by atoms with Gasteiger partial charge >= 0.3 is 0 Å². The number of sulfonamides is 1. The van der Waals surface area contributed by atoms with E-state index in [-0.39, 0.29) is 22.8 Å². The SMILES string of the molecule is CC(C)CNS(=O)(=O)c1ccc(CCC(=O)NC(C)c2ccccc2)cc1. The van der Waals surface area contributed by atoms with E-state index < -0.39 is 10.0 Å². The Morgan fingerprint density at radius 2 is 1.59 bits per heavy atom. The zero-order valence-corrected chi connectivity index (χ0v) is 16.9. The highest BCUT2D eigenvalue weighted by atomic mass is 32.2. The molecule has 0 fully saturated rings. The van der Waals surface area contributed by atoms with Crippen LogP contribution in [0.15, 0.2) is 59.5 Å². The summed E-state index contributed by atoms with van der Waals surface area (Å²) in [5, 5.41) is 2.98. The van der Waals surface area contributed by atoms with E-state index in [0.29, 0.717) is 19.4 Å². The molecule has 0 aliphatic rings. The second-order valence-electron chi connectivity index (χ2n) is 7.09. The standard InChI is InChI=1S/C21H28N2O3S/c1-16(2)15-22-27(25,26)20-12-9-18(10-13-20)11-14-21(24)23-17(3)19-7-5-4-6-8-19/h4-10,12-13,16-17,22H,11,14-15H2,1-3H3,(H,23,24). The van der Waals surface area contributed by atoms with Gasteiger partial charge in [0.15, 0.2) is 0 Å². The van der Waals surface area contributed by atoms with Gasteiger partial charge in [0, 0.05) is 13.0 Å². The van der Waals surface area contributed by atoms with Crippen LogP contribution in [0.5, 0.6) is 0 Å². The van der Waals surface area contributed by atoms with Crippen LogP contribution in [0.3, 0.4) is 0 Å². The second-order valence-corrected chi connectivity index (χ2v) is 8.86. The fourth-order valence-electron chi connectivity index (χ4n) is 2.59. The van der Waals surface area contributed by atoms with Gasteiger partial charge in [0.05, 0.1) is 10.9 Å². The van der Waals surface area contributed by atoms with Crippen LogP contribution >= 0.6 is 0 Å². The molecular weight excluding hydrogens is 360 g/mol. The van der Waals surface area contributed by atoms with Crippen LogP contribution in [0.2, 0.25) is 0 Å². The monoisotopic (exact) mass is 388 g/mol. The lowest BCUT2D eigenvalue weighted by Gasteiger charge is -2.14. The van der Waals surface area contributed by atoms with Crippen molar-refractivity contribution >= 4 is 15.9 Å². The van der Waals surface area contributed by atoms with Crippen molar-refractivity contribution in [3.63, 3.8) is 0 Å². The quantitative estimate of drug-likeness (QED) is 0.691. The Bertz CT molecular complexity index is 831. The molecule has 0 bridgehead atoms. The number of nitrogens with one attached hydrogen (secondary N) is 2. The molecule has 146 valence electrons. The summed E-state index contributed by atoms with van der Waals surface area (Å²) in [7, 11) is -3.48. The first-order valence-electron chi connectivity index (χ1n) is 9.21. The maximum atomic E-state index is 12.2. The fourth-order valence-corrected chi connectivity index (χ4v) is 3.81. The van der Waals surface area contributed by atoms with Gasteiger partial charge in [0.2, 0.25) is 15.9 Å². The van der Waals surface area contributed by atoms with Gasteiger partial charge in [-0.25, -0.2) is 13.1 Å². The Morgan fingerprint density at radius 3 is 2.19 bits per heavy atom. The second kappa shape index (κ2) is 9.67. The van der Waals surface area contributed by atoms with Gasteiger partial charge in [-0.2, -0.15) is 0 Å². The lowest BCUT2D eigenvalue weighted by atomic mass is 10.1. The minimum Gasteiger partial charge on any atom is -0.350 e. The number of benzene rings is 2. The first-order valence-corrected chi connectivity index (χ1v) is 10.7. The topological polar surface area (TPSA) is 75.3 Å². The molecular formula is C21H28N2O3S. The summed E-state index contributed by atoms with van der Waals surface area (Å²) in [6.07, 6.45) is 0.919. The van der Waals surface area contributed by atoms with E-state index in [9.17, 15) is 13.2 Å². The molecule has 0 saturated carbocycles. The number of rotatable bonds is 9. The summed E-state index contributed by atoms with van der Waals surface area (Å²) >= 11 is 0. The maximum absolute atomic E-state index is 12.2. The van der Waals surface area contributed by atoms with Gasteiger partial charge in [-0.3, -0.25) is 4.79 Å². The summed E-state index contributed by atoms with van der Waals surface area (Å²) in [4.78, 5) is 12.4. The third-order valence-corrected chi connectivity index (χ3v) is 5.67. The molecule has 2 aromatic rings. The van der Waals surface area contributed by atoms with Crippen LogP contribution in [0.25, 0.3) is 0 Å². The maximum Gasteiger partial charge on any atom is 0.240 e. The summed E-state index contributed by atoms with van der Waals surface area (Å²) < 4.78 is 27.0. The highest BCUT2D eigenvalue weighted by molar-refractivity contribution is 7.89. The van der Waals surface area contributed by atoms with Crippen molar-refractivity contribution in [3.05, 3.63) is 65.7 Å². The third-order valence-electron chi connectivity index (χ3n) is 4.23. The summed E-state index contributed by atoms with van der Waals surface area (Å²) in [6.45, 7) is 6.27. The Kier molecular flexibility index (Phi) is 7.56. The van der Waals surface area contributed by atoms with Crippen molar-refractivity contribution in [1.82, 2.24) is 10.0 Å². The molecule has 1 unspecified atom stereocenters. The van der Waals surface area contributed by atoms with Crippen LogP contribution < -0.4 is 10.0 Å². The largest absolute Gasteiger partial charge is 0.350 e. The average Bonchev–Trinajstić information content (AvgIpc) is 2.66. The highest BCUT2D eigenvalue weighted by Crippen LogP contribution is 2.14. The van der Waals surface area contributed by atoms with Gasteiger partial charge in [-0.15, -0.1) is 0 Å². The number of amides is 1. The molecule has 1 atom stereocenters. The first kappa shape index (κ1) is 21.1. The Balaban J connectivity index is 1.86. The molecule has 0 aliphatic heterocycles. The average molecular weight is 389 g/mol. The van der Waals surface area contributed by atoms with Crippen LogP contribution in [-0.2, 0) is 21.2 Å². The minimum absolute atomic E-state index is 0.0262. The fraction of sp³-hybridized carbons (Fsp3) is 0.381. The molecule has 0 saturated heterocycles. The van der Waals surface area contributed by atoms with E-state index in [2.05, 4.69) is 10.0 Å². The van der Waals surface area contributed by atoms with Crippen LogP contribution in [0.1, 0.15) is 44.4 Å². The molecule has 5 nitrogen and oxygen atoms in total. The van der Waals surface area contributed by atoms with Crippen LogP contribution in [0.4, 0.5) is 0 Å². The molecule has 2 rings (SSSR count). The Hall–Kier alpha value is -2.18. The molecule has 0 aromatic heterocycles. The molecule has 0 aliphatic carbocycles. The van der Waals surface area contributed by atoms with Crippen molar-refractivity contribution in [2.24, 2.45) is 5.92 Å². The third kappa shape index (κ3) is 6.81. The molecule has 2 N–H and O–H groups in total. The highest BCUT2D eigenvalue weighted by Gasteiger charge is 2.14. The number of carbonyl (C=O) groups is 1. The van der Waals surface area contributed by atoms with E-state index in [4.69, 9.17) is 0 Å². The zero-order chi connectivity index (χ0) is 19.9. The molecule has 0 spiro atoms. The predicted octanol–water partition coefficient (Wildman–Crippen LogP) is 3.43. The summed E-state index contributed by atoms with van der Waals surface area (Å²) in [5.74, 6) is 0.220. The predicted molar refractivity (Wildman–Crippen MR) is 108 cm³/mol. The number of carbonyl (C=O) groups excluding carboxylic acids is 1. The van der Waals surface area contributed by atoms with E-state index in [1.807, 2.05) is 51.1 Å². The smallest absolute Gasteiger partial charge is 0.240 e. The first-order chi connectivity index (χ1) is 12.8. The van der Waals surface area contributed by atoms with Gasteiger partial charge in [0.25, 0.3) is 0 Å². The molecule has 1 amide bonds. The minimum atomic E-state index is -3.48. The van der Waals surface area contributed by atoms with Gasteiger partial charge < -0.3 is 5.32 Å². The molecule has 27 heavy (non-hydrogen) atoms. The van der Waals surface area contributed by atoms with E-state index >= 15 is 0 Å². The van der Waals surface area contributed by atoms with Crippen LogP contribution in [-0.4, -0.2) is 20.9 Å². The molecule has 0 heterocycles. The Labute approximate surface area is 162 Å². The lowest BCUT2D eigenvalue weighted by Crippen LogP contribution is -2.27. The van der Waals surface area contributed by atoms with E-state index in [1.165, 1.54) is 0 Å². The van der Waals surface area contributed by atoms with E-state index in [0.717, 1.165) is 11.1 Å². The summed E-state index contributed by atoms with van der Waals surface area (Å²) in [6, 6.07) is 16.5. The zero-order valence-electron chi connectivity index (χ0n) is 16.1. The Morgan fingerprint density at radius 1 is 0.963 bits per heavy atom. The van der Waals surface area contributed by atoms with Crippen molar-refractivity contribution in [2.45, 2.75) is 44.6 Å². The number of hydrogen-bond acceptors (Lipinski definition) is 3. The molecule has 6 heteroatoms. The van der Waals surface area contributed by atoms with Crippen molar-refractivity contribution in [2.75, 3.05) is 6.54 Å². The number of aryl methyl sites for hydroxylation is 1. The number of hydrogen-bond donors (Lipinski definition) is 2. The molecule has 0 radical (unpaired) electrons. The van der Waals surface area contributed by atoms with Gasteiger partial charge in [-0.1, -0.05) is 56.3 Å². The summed E-state index contributed by atoms with van der Waals surface area (Å²) in [5.41, 5.74) is 2.00. The van der Waals surface area contributed by atoms with Crippen molar-refractivity contribution < 1.29 is 13.2 Å². The van der Waals surface area contributed by atoms with E-state index in [1.54, 1.807) is 24.3 Å². The van der Waals surface area contributed by atoms with Gasteiger partial charge in [0.1, 0.15) is 0 Å². The lowest BCUT2D eigenvalue weighted by molar-refractivity contribution is -0.121.